The molecular weight excluding hydrogens is 374 g/mol. The van der Waals surface area contributed by atoms with Crippen LogP contribution in [0.25, 0.3) is 0 Å². The Morgan fingerprint density at radius 3 is 2.26 bits per heavy atom. The maximum absolute atomic E-state index is 13.0. The summed E-state index contributed by atoms with van der Waals surface area (Å²) in [6, 6.07) is 0. The molecule has 1 fully saturated rings. The minimum Gasteiger partial charge on any atom is -0.469 e. The van der Waals surface area contributed by atoms with Crippen molar-refractivity contribution in [1.82, 2.24) is 4.31 Å². The molecule has 1 saturated heterocycles. The van der Waals surface area contributed by atoms with E-state index in [1.54, 1.807) is 19.1 Å². The molecule has 1 aliphatic carbocycles. The number of carbonyl (C=O) groups excluding carboxylic acids is 1. The Balaban J connectivity index is 2.18. The number of sulfonamides is 1. The Bertz CT molecular complexity index is 678. The molecule has 2 rings (SSSR count). The molecule has 1 heterocycles. The maximum atomic E-state index is 13.0. The van der Waals surface area contributed by atoms with E-state index in [2.05, 4.69) is 0 Å². The van der Waals surface area contributed by atoms with E-state index in [1.165, 1.54) is 18.5 Å². The summed E-state index contributed by atoms with van der Waals surface area (Å²) in [5, 5.41) is 10.6. The molecule has 8 nitrogen and oxygen atoms in total. The first kappa shape index (κ1) is 22.3. The minimum atomic E-state index is -3.66. The number of hydrogen-bond donors (Lipinski definition) is 1. The Kier molecular flexibility index (Phi) is 6.43. The van der Waals surface area contributed by atoms with Gasteiger partial charge in [0.15, 0.2) is 0 Å². The van der Waals surface area contributed by atoms with Gasteiger partial charge in [0.1, 0.15) is 11.4 Å². The van der Waals surface area contributed by atoms with Crippen LogP contribution in [0.3, 0.4) is 0 Å². The average molecular weight is 406 g/mol. The highest BCUT2D eigenvalue weighted by Gasteiger charge is 2.51. The molecule has 2 atom stereocenters. The van der Waals surface area contributed by atoms with E-state index < -0.39 is 26.6 Å². The molecule has 0 amide bonds. The van der Waals surface area contributed by atoms with Crippen molar-refractivity contribution in [2.45, 2.75) is 51.2 Å². The highest BCUT2D eigenvalue weighted by Crippen LogP contribution is 2.46. The van der Waals surface area contributed by atoms with Crippen LogP contribution in [0.5, 0.6) is 0 Å². The van der Waals surface area contributed by atoms with Crippen LogP contribution >= 0.6 is 0 Å². The van der Waals surface area contributed by atoms with Gasteiger partial charge in [-0.2, -0.15) is 0 Å². The molecule has 1 aliphatic heterocycles. The third kappa shape index (κ3) is 4.71. The van der Waals surface area contributed by atoms with Crippen molar-refractivity contribution >= 4 is 16.0 Å². The lowest BCUT2D eigenvalue weighted by Gasteiger charge is -2.47. The highest BCUT2D eigenvalue weighted by molar-refractivity contribution is 7.89. The Labute approximate surface area is 161 Å². The van der Waals surface area contributed by atoms with E-state index in [4.69, 9.17) is 14.5 Å². The topological polar surface area (TPSA) is 102 Å². The predicted molar refractivity (Wildman–Crippen MR) is 99.1 cm³/mol. The van der Waals surface area contributed by atoms with Gasteiger partial charge in [-0.1, -0.05) is 19.9 Å². The Morgan fingerprint density at radius 1 is 1.19 bits per heavy atom. The zero-order valence-corrected chi connectivity index (χ0v) is 17.5. The van der Waals surface area contributed by atoms with E-state index >= 15 is 0 Å². The standard InChI is InChI=1S/C18H31NO7S/c1-16(2)12-18(26-25-5,9-8-17(16,3)21)13-27(22,23)19-10-6-14(7-11-19)15(20)24-4/h8-9,14,21H,6-7,10-13H2,1-5H3. The second kappa shape index (κ2) is 7.79. The molecule has 9 heteroatoms. The van der Waals surface area contributed by atoms with Crippen molar-refractivity contribution in [3.05, 3.63) is 12.2 Å². The van der Waals surface area contributed by atoms with E-state index in [-0.39, 0.29) is 37.2 Å². The monoisotopic (exact) mass is 405 g/mol. The van der Waals surface area contributed by atoms with E-state index in [0.29, 0.717) is 12.8 Å². The lowest BCUT2D eigenvalue weighted by molar-refractivity contribution is -0.335. The fourth-order valence-electron chi connectivity index (χ4n) is 3.81. The van der Waals surface area contributed by atoms with Crippen LogP contribution in [-0.2, 0) is 29.3 Å². The van der Waals surface area contributed by atoms with Gasteiger partial charge in [-0.25, -0.2) is 22.5 Å². The number of hydrogen-bond acceptors (Lipinski definition) is 7. The number of aliphatic hydroxyl groups is 1. The predicted octanol–water partition coefficient (Wildman–Crippen LogP) is 1.26. The lowest BCUT2D eigenvalue weighted by atomic mass is 9.65. The molecule has 0 saturated carbocycles. The van der Waals surface area contributed by atoms with Crippen LogP contribution in [0.2, 0.25) is 0 Å². The fourth-order valence-corrected chi connectivity index (χ4v) is 5.62. The zero-order valence-electron chi connectivity index (χ0n) is 16.7. The molecule has 0 bridgehead atoms. The molecule has 0 aromatic heterocycles. The number of piperidine rings is 1. The summed E-state index contributed by atoms with van der Waals surface area (Å²) in [7, 11) is -0.990. The molecule has 156 valence electrons. The third-order valence-corrected chi connectivity index (χ3v) is 7.89. The molecule has 27 heavy (non-hydrogen) atoms. The van der Waals surface area contributed by atoms with Crippen molar-refractivity contribution in [2.75, 3.05) is 33.1 Å². The highest BCUT2D eigenvalue weighted by atomic mass is 32.2. The number of nitrogens with zero attached hydrogens (tertiary/aromatic N) is 1. The number of ether oxygens (including phenoxy) is 1. The first-order valence-corrected chi connectivity index (χ1v) is 10.7. The second-order valence-corrected chi connectivity index (χ2v) is 10.3. The molecule has 2 aliphatic rings. The summed E-state index contributed by atoms with van der Waals surface area (Å²) >= 11 is 0. The largest absolute Gasteiger partial charge is 0.469 e. The summed E-state index contributed by atoms with van der Waals surface area (Å²) < 4.78 is 32.2. The van der Waals surface area contributed by atoms with Crippen molar-refractivity contribution in [3.8, 4) is 0 Å². The molecule has 1 N–H and O–H groups in total. The van der Waals surface area contributed by atoms with Gasteiger partial charge >= 0.3 is 5.97 Å². The summed E-state index contributed by atoms with van der Waals surface area (Å²) in [5.41, 5.74) is -2.90. The SMILES string of the molecule is COOC1(CS(=O)(=O)N2CCC(C(=O)OC)CC2)C=CC(C)(O)C(C)(C)C1. The normalized spacial score (nSPS) is 32.4. The molecule has 0 spiro atoms. The van der Waals surface area contributed by atoms with E-state index in [1.807, 2.05) is 13.8 Å². The first-order chi connectivity index (χ1) is 12.4. The van der Waals surface area contributed by atoms with Gasteiger partial charge in [-0.15, -0.1) is 0 Å². The van der Waals surface area contributed by atoms with Crippen LogP contribution in [0.15, 0.2) is 12.2 Å². The van der Waals surface area contributed by atoms with Crippen LogP contribution < -0.4 is 0 Å². The summed E-state index contributed by atoms with van der Waals surface area (Å²) in [6.45, 7) is 5.93. The first-order valence-electron chi connectivity index (χ1n) is 9.08. The summed E-state index contributed by atoms with van der Waals surface area (Å²) in [6.07, 6.45) is 4.30. The number of rotatable bonds is 6. The maximum Gasteiger partial charge on any atom is 0.308 e. The van der Waals surface area contributed by atoms with Gasteiger partial charge in [0.2, 0.25) is 10.0 Å². The van der Waals surface area contributed by atoms with Gasteiger partial charge in [0.05, 0.1) is 25.7 Å². The van der Waals surface area contributed by atoms with Gasteiger partial charge in [0, 0.05) is 18.5 Å². The average Bonchev–Trinajstić information content (AvgIpc) is 2.58. The fraction of sp³-hybridized carbons (Fsp3) is 0.833. The van der Waals surface area contributed by atoms with Gasteiger partial charge in [-0.3, -0.25) is 4.79 Å². The summed E-state index contributed by atoms with van der Waals surface area (Å²) in [5.74, 6) is -0.869. The van der Waals surface area contributed by atoms with Gasteiger partial charge < -0.3 is 9.84 Å². The second-order valence-electron chi connectivity index (χ2n) is 8.31. The number of carbonyl (C=O) groups is 1. The molecule has 2 unspecified atom stereocenters. The molecule has 0 aromatic rings. The van der Waals surface area contributed by atoms with Crippen molar-refractivity contribution in [2.24, 2.45) is 11.3 Å². The van der Waals surface area contributed by atoms with Crippen LogP contribution in [0.4, 0.5) is 0 Å². The minimum absolute atomic E-state index is 0.260. The van der Waals surface area contributed by atoms with Crippen LogP contribution in [0, 0.1) is 11.3 Å². The van der Waals surface area contributed by atoms with Crippen molar-refractivity contribution in [3.63, 3.8) is 0 Å². The molecule has 0 aromatic carbocycles. The zero-order chi connectivity index (χ0) is 20.5. The third-order valence-electron chi connectivity index (χ3n) is 5.88. The quantitative estimate of drug-likeness (QED) is 0.307. The molecule has 0 radical (unpaired) electrons. The van der Waals surface area contributed by atoms with Crippen molar-refractivity contribution in [1.29, 1.82) is 0 Å². The number of esters is 1. The van der Waals surface area contributed by atoms with Gasteiger partial charge in [-0.05, 0) is 32.3 Å². The lowest BCUT2D eigenvalue weighted by Crippen LogP contribution is -2.55. The summed E-state index contributed by atoms with van der Waals surface area (Å²) in [4.78, 5) is 21.9. The molecular formula is C18H31NO7S. The van der Waals surface area contributed by atoms with Crippen LogP contribution in [0.1, 0.15) is 40.0 Å². The van der Waals surface area contributed by atoms with Gasteiger partial charge in [0.25, 0.3) is 0 Å². The number of methoxy groups -OCH3 is 1. The Morgan fingerprint density at radius 2 is 1.78 bits per heavy atom. The van der Waals surface area contributed by atoms with E-state index in [9.17, 15) is 18.3 Å². The van der Waals surface area contributed by atoms with Crippen molar-refractivity contribution < 1.29 is 32.8 Å². The van der Waals surface area contributed by atoms with E-state index in [0.717, 1.165) is 0 Å². The van der Waals surface area contributed by atoms with Crippen LogP contribution in [-0.4, -0.2) is 68.1 Å². The Hall–Kier alpha value is -1.00. The smallest absolute Gasteiger partial charge is 0.308 e.